The van der Waals surface area contributed by atoms with Gasteiger partial charge in [-0.1, -0.05) is 23.2 Å². The number of nitrogens with zero attached hydrogens (tertiary/aromatic N) is 2. The zero-order valence-electron chi connectivity index (χ0n) is 10.5. The third kappa shape index (κ3) is 2.33. The maximum atomic E-state index is 12.2. The van der Waals surface area contributed by atoms with Gasteiger partial charge in [0.2, 0.25) is 0 Å². The molecule has 5 nitrogen and oxygen atoms in total. The van der Waals surface area contributed by atoms with Gasteiger partial charge < -0.3 is 14.6 Å². The largest absolute Gasteiger partial charge is 0.480 e. The maximum Gasteiger partial charge on any atom is 0.329 e. The van der Waals surface area contributed by atoms with Crippen molar-refractivity contribution in [3.63, 3.8) is 0 Å². The molecule has 1 amide bonds. The van der Waals surface area contributed by atoms with Crippen molar-refractivity contribution in [2.24, 2.45) is 7.05 Å². The first-order chi connectivity index (χ1) is 8.10. The Kier molecular flexibility index (Phi) is 3.98. The highest BCUT2D eigenvalue weighted by Gasteiger charge is 2.36. The van der Waals surface area contributed by atoms with Crippen molar-refractivity contribution in [2.75, 3.05) is 7.05 Å². The number of halogens is 2. The number of likely N-dealkylation sites (N-methyl/N-ethyl adjacent to an activating group) is 1. The summed E-state index contributed by atoms with van der Waals surface area (Å²) in [4.78, 5) is 24.4. The van der Waals surface area contributed by atoms with Gasteiger partial charge >= 0.3 is 5.97 Å². The lowest BCUT2D eigenvalue weighted by Gasteiger charge is -2.31. The quantitative estimate of drug-likeness (QED) is 0.929. The Bertz CT molecular complexity index is 509. The van der Waals surface area contributed by atoms with Crippen LogP contribution < -0.4 is 0 Å². The molecule has 1 rings (SSSR count). The van der Waals surface area contributed by atoms with Gasteiger partial charge in [0.15, 0.2) is 0 Å². The lowest BCUT2D eigenvalue weighted by molar-refractivity contribution is -0.147. The van der Waals surface area contributed by atoms with Crippen LogP contribution in [0.25, 0.3) is 0 Å². The van der Waals surface area contributed by atoms with E-state index in [9.17, 15) is 9.59 Å². The van der Waals surface area contributed by atoms with Gasteiger partial charge in [-0.3, -0.25) is 4.79 Å². The summed E-state index contributed by atoms with van der Waals surface area (Å²) in [6.07, 6.45) is 0. The Morgan fingerprint density at radius 1 is 1.39 bits per heavy atom. The molecule has 0 spiro atoms. The Balaban J connectivity index is 3.15. The predicted octanol–water partition coefficient (Wildman–Crippen LogP) is 2.27. The lowest BCUT2D eigenvalue weighted by atomic mass is 10.0. The van der Waals surface area contributed by atoms with Crippen molar-refractivity contribution >= 4 is 35.1 Å². The topological polar surface area (TPSA) is 62.5 Å². The third-order valence-corrected chi connectivity index (χ3v) is 3.84. The monoisotopic (exact) mass is 292 g/mol. The Morgan fingerprint density at radius 2 is 1.89 bits per heavy atom. The predicted molar refractivity (Wildman–Crippen MR) is 69.2 cm³/mol. The van der Waals surface area contributed by atoms with Gasteiger partial charge in [0.05, 0.1) is 5.02 Å². The number of carboxylic acid groups (broad SMARTS) is 1. The van der Waals surface area contributed by atoms with Gasteiger partial charge in [0, 0.05) is 14.1 Å². The zero-order chi connectivity index (χ0) is 14.2. The van der Waals surface area contributed by atoms with Crippen molar-refractivity contribution < 1.29 is 14.7 Å². The summed E-state index contributed by atoms with van der Waals surface area (Å²) in [5.41, 5.74) is -1.08. The van der Waals surface area contributed by atoms with E-state index in [-0.39, 0.29) is 15.9 Å². The molecule has 7 heteroatoms. The minimum Gasteiger partial charge on any atom is -0.480 e. The molecular weight excluding hydrogens is 279 g/mol. The van der Waals surface area contributed by atoms with Crippen LogP contribution in [0.15, 0.2) is 6.07 Å². The molecule has 0 atom stereocenters. The van der Waals surface area contributed by atoms with Crippen LogP contribution in [0.3, 0.4) is 0 Å². The Labute approximate surface area is 115 Å². The van der Waals surface area contributed by atoms with E-state index in [2.05, 4.69) is 0 Å². The molecule has 18 heavy (non-hydrogen) atoms. The summed E-state index contributed by atoms with van der Waals surface area (Å²) < 4.78 is 1.42. The van der Waals surface area contributed by atoms with Gasteiger partial charge in [0.1, 0.15) is 16.4 Å². The van der Waals surface area contributed by atoms with Crippen LogP contribution in [0.4, 0.5) is 0 Å². The minimum atomic E-state index is -1.32. The summed E-state index contributed by atoms with van der Waals surface area (Å²) in [6, 6.07) is 1.42. The van der Waals surface area contributed by atoms with E-state index in [4.69, 9.17) is 28.3 Å². The molecule has 1 aromatic rings. The Morgan fingerprint density at radius 3 is 2.22 bits per heavy atom. The van der Waals surface area contributed by atoms with E-state index < -0.39 is 17.4 Å². The van der Waals surface area contributed by atoms with Crippen molar-refractivity contribution in [1.82, 2.24) is 9.47 Å². The van der Waals surface area contributed by atoms with E-state index in [1.807, 2.05) is 0 Å². The first-order valence-corrected chi connectivity index (χ1v) is 5.88. The molecule has 0 unspecified atom stereocenters. The highest BCUT2D eigenvalue weighted by molar-refractivity contribution is 6.41. The van der Waals surface area contributed by atoms with Crippen LogP contribution in [0.1, 0.15) is 24.3 Å². The summed E-state index contributed by atoms with van der Waals surface area (Å²) in [5, 5.41) is 9.58. The number of aliphatic carboxylic acids is 1. The van der Waals surface area contributed by atoms with Crippen molar-refractivity contribution in [3.8, 4) is 0 Å². The minimum absolute atomic E-state index is 0.238. The molecule has 0 aliphatic heterocycles. The normalized spacial score (nSPS) is 11.4. The highest BCUT2D eigenvalue weighted by Crippen LogP contribution is 2.27. The van der Waals surface area contributed by atoms with Gasteiger partial charge in [-0.2, -0.15) is 0 Å². The first-order valence-electron chi connectivity index (χ1n) is 5.13. The van der Waals surface area contributed by atoms with E-state index in [1.54, 1.807) is 7.05 Å². The molecule has 0 aliphatic rings. The van der Waals surface area contributed by atoms with Gasteiger partial charge in [0.25, 0.3) is 5.91 Å². The molecule has 0 aliphatic carbocycles. The van der Waals surface area contributed by atoms with E-state index >= 15 is 0 Å². The van der Waals surface area contributed by atoms with E-state index in [0.717, 1.165) is 4.90 Å². The van der Waals surface area contributed by atoms with Crippen LogP contribution in [-0.2, 0) is 11.8 Å². The van der Waals surface area contributed by atoms with Gasteiger partial charge in [-0.15, -0.1) is 0 Å². The number of amides is 1. The average Bonchev–Trinajstić information content (AvgIpc) is 2.54. The first kappa shape index (κ1) is 14.9. The summed E-state index contributed by atoms with van der Waals surface area (Å²) in [6.45, 7) is 2.89. The third-order valence-electron chi connectivity index (χ3n) is 3.00. The molecule has 0 fully saturated rings. The molecule has 1 heterocycles. The second-order valence-corrected chi connectivity index (χ2v) is 5.22. The molecule has 0 saturated heterocycles. The molecule has 1 N–H and O–H groups in total. The molecule has 0 aromatic carbocycles. The molecule has 0 saturated carbocycles. The molecular formula is C11H14Cl2N2O3. The fourth-order valence-electron chi connectivity index (χ4n) is 1.32. The van der Waals surface area contributed by atoms with Crippen molar-refractivity contribution in [2.45, 2.75) is 19.4 Å². The van der Waals surface area contributed by atoms with Crippen LogP contribution in [-0.4, -0.2) is 39.0 Å². The SMILES string of the molecule is CN(C(=O)c1cc(Cl)c(Cl)n1C)C(C)(C)C(=O)O. The van der Waals surface area contributed by atoms with Gasteiger partial charge in [-0.25, -0.2) is 4.79 Å². The number of rotatable bonds is 3. The molecule has 0 radical (unpaired) electrons. The summed E-state index contributed by atoms with van der Waals surface area (Å²) in [5.74, 6) is -1.55. The van der Waals surface area contributed by atoms with Crippen LogP contribution in [0.5, 0.6) is 0 Å². The second-order valence-electron chi connectivity index (χ2n) is 4.46. The number of carbonyl (C=O) groups excluding carboxylic acids is 1. The fourth-order valence-corrected chi connectivity index (χ4v) is 1.69. The molecule has 1 aromatic heterocycles. The summed E-state index contributed by atoms with van der Waals surface area (Å²) in [7, 11) is 3.01. The van der Waals surface area contributed by atoms with Crippen molar-refractivity contribution in [3.05, 3.63) is 21.9 Å². The fraction of sp³-hybridized carbons (Fsp3) is 0.455. The van der Waals surface area contributed by atoms with Crippen LogP contribution in [0.2, 0.25) is 10.2 Å². The highest BCUT2D eigenvalue weighted by atomic mass is 35.5. The second kappa shape index (κ2) is 4.82. The maximum absolute atomic E-state index is 12.2. The number of hydrogen-bond acceptors (Lipinski definition) is 2. The zero-order valence-corrected chi connectivity index (χ0v) is 12.0. The molecule has 0 bridgehead atoms. The van der Waals surface area contributed by atoms with E-state index in [1.165, 1.54) is 31.5 Å². The summed E-state index contributed by atoms with van der Waals surface area (Å²) >= 11 is 11.7. The van der Waals surface area contributed by atoms with Crippen LogP contribution >= 0.6 is 23.2 Å². The standard InChI is InChI=1S/C11H14Cl2N2O3/c1-11(2,10(17)18)15(4)9(16)7-5-6(12)8(13)14(7)3/h5H,1-4H3,(H,17,18). The smallest absolute Gasteiger partial charge is 0.329 e. The molecule has 100 valence electrons. The number of carbonyl (C=O) groups is 2. The number of carboxylic acids is 1. The van der Waals surface area contributed by atoms with Crippen LogP contribution in [0, 0.1) is 0 Å². The number of hydrogen-bond donors (Lipinski definition) is 1. The number of aromatic nitrogens is 1. The lowest BCUT2D eigenvalue weighted by Crippen LogP contribution is -2.51. The van der Waals surface area contributed by atoms with Gasteiger partial charge in [-0.05, 0) is 19.9 Å². The van der Waals surface area contributed by atoms with E-state index in [0.29, 0.717) is 0 Å². The average molecular weight is 293 g/mol. The van der Waals surface area contributed by atoms with Crippen molar-refractivity contribution in [1.29, 1.82) is 0 Å². The Hall–Kier alpha value is -1.20.